The van der Waals surface area contributed by atoms with Crippen molar-refractivity contribution >= 4 is 6.29 Å². The van der Waals surface area contributed by atoms with Gasteiger partial charge in [0.15, 0.2) is 11.5 Å². The van der Waals surface area contributed by atoms with Gasteiger partial charge in [-0.1, -0.05) is 13.8 Å². The summed E-state index contributed by atoms with van der Waals surface area (Å²) in [6.45, 7) is 4.00. The Morgan fingerprint density at radius 3 is 2.17 bits per heavy atom. The minimum absolute atomic E-state index is 0.217. The van der Waals surface area contributed by atoms with Gasteiger partial charge in [-0.2, -0.15) is 0 Å². The molecule has 1 aromatic carbocycles. The molecule has 0 saturated heterocycles. The van der Waals surface area contributed by atoms with Crippen LogP contribution in [0.4, 0.5) is 0 Å². The van der Waals surface area contributed by atoms with Crippen LogP contribution < -0.4 is 0 Å². The van der Waals surface area contributed by atoms with E-state index in [9.17, 15) is 4.79 Å². The average Bonchev–Trinajstić information content (AvgIpc) is 2.13. The number of phenolic OH excluding ortho intramolecular Hbond substituents is 2. The summed E-state index contributed by atoms with van der Waals surface area (Å²) in [5.41, 5.74) is 0.343. The highest BCUT2D eigenvalue weighted by atomic mass is 16.3. The fraction of sp³-hybridized carbons (Fsp3) is 0.222. The first-order valence-corrected chi connectivity index (χ1v) is 3.71. The van der Waals surface area contributed by atoms with Crippen LogP contribution in [0.3, 0.4) is 0 Å². The Balaban J connectivity index is 0.000000561. The maximum Gasteiger partial charge on any atom is 0.158 e. The van der Waals surface area contributed by atoms with Crippen LogP contribution in [0, 0.1) is 0 Å². The lowest BCUT2D eigenvalue weighted by Gasteiger charge is -1.95. The van der Waals surface area contributed by atoms with Crippen molar-refractivity contribution in [2.24, 2.45) is 0 Å². The van der Waals surface area contributed by atoms with Crippen LogP contribution >= 0.6 is 0 Å². The molecule has 0 spiro atoms. The third-order valence-corrected chi connectivity index (χ3v) is 1.14. The zero-order valence-electron chi connectivity index (χ0n) is 7.11. The first kappa shape index (κ1) is 10.5. The molecule has 66 valence electrons. The van der Waals surface area contributed by atoms with Crippen LogP contribution in [-0.2, 0) is 0 Å². The summed E-state index contributed by atoms with van der Waals surface area (Å²) < 4.78 is 0. The second-order valence-corrected chi connectivity index (χ2v) is 1.87. The topological polar surface area (TPSA) is 57.5 Å². The van der Waals surface area contributed by atoms with Gasteiger partial charge in [0.1, 0.15) is 6.29 Å². The quantitative estimate of drug-likeness (QED) is 0.497. The largest absolute Gasteiger partial charge is 0.504 e. The van der Waals surface area contributed by atoms with Gasteiger partial charge < -0.3 is 10.2 Å². The number of aromatic hydroxyl groups is 2. The Morgan fingerprint density at radius 2 is 1.75 bits per heavy atom. The molecule has 0 radical (unpaired) electrons. The van der Waals surface area contributed by atoms with E-state index in [-0.39, 0.29) is 11.5 Å². The normalized spacial score (nSPS) is 8.17. The number of aldehydes is 1. The van der Waals surface area contributed by atoms with Gasteiger partial charge in [0.2, 0.25) is 0 Å². The Bertz CT molecular complexity index is 256. The van der Waals surface area contributed by atoms with Gasteiger partial charge in [-0.05, 0) is 18.2 Å². The summed E-state index contributed by atoms with van der Waals surface area (Å²) in [5.74, 6) is -0.491. The van der Waals surface area contributed by atoms with Crippen molar-refractivity contribution in [3.8, 4) is 11.5 Å². The molecule has 0 aliphatic carbocycles. The van der Waals surface area contributed by atoms with Gasteiger partial charge in [-0.15, -0.1) is 0 Å². The molecule has 0 aliphatic rings. The van der Waals surface area contributed by atoms with Crippen LogP contribution in [0.15, 0.2) is 18.2 Å². The van der Waals surface area contributed by atoms with E-state index in [0.29, 0.717) is 11.8 Å². The van der Waals surface area contributed by atoms with E-state index in [2.05, 4.69) is 0 Å². The molecule has 0 fully saturated rings. The molecule has 0 aromatic heterocycles. The number of benzene rings is 1. The highest BCUT2D eigenvalue weighted by Gasteiger charge is 1.97. The van der Waals surface area contributed by atoms with Crippen molar-refractivity contribution in [1.82, 2.24) is 0 Å². The van der Waals surface area contributed by atoms with Gasteiger partial charge in [0.05, 0.1) is 0 Å². The lowest BCUT2D eigenvalue weighted by molar-refractivity contribution is 0.112. The van der Waals surface area contributed by atoms with Crippen molar-refractivity contribution < 1.29 is 15.0 Å². The van der Waals surface area contributed by atoms with E-state index in [1.54, 1.807) is 0 Å². The van der Waals surface area contributed by atoms with Crippen molar-refractivity contribution in [1.29, 1.82) is 0 Å². The van der Waals surface area contributed by atoms with Crippen molar-refractivity contribution in [3.63, 3.8) is 0 Å². The van der Waals surface area contributed by atoms with Crippen LogP contribution in [0.5, 0.6) is 11.5 Å². The summed E-state index contributed by atoms with van der Waals surface area (Å²) >= 11 is 0. The lowest BCUT2D eigenvalue weighted by Crippen LogP contribution is -1.77. The molecule has 1 aromatic rings. The van der Waals surface area contributed by atoms with Crippen LogP contribution in [-0.4, -0.2) is 16.5 Å². The Morgan fingerprint density at radius 1 is 1.17 bits per heavy atom. The lowest BCUT2D eigenvalue weighted by atomic mass is 10.2. The number of rotatable bonds is 1. The van der Waals surface area contributed by atoms with Crippen LogP contribution in [0.25, 0.3) is 0 Å². The van der Waals surface area contributed by atoms with Gasteiger partial charge in [-0.3, -0.25) is 4.79 Å². The molecule has 0 unspecified atom stereocenters. The first-order valence-electron chi connectivity index (χ1n) is 3.71. The molecule has 0 bridgehead atoms. The molecule has 0 aliphatic heterocycles. The van der Waals surface area contributed by atoms with Gasteiger partial charge in [0, 0.05) is 5.56 Å². The van der Waals surface area contributed by atoms with Gasteiger partial charge in [-0.25, -0.2) is 0 Å². The van der Waals surface area contributed by atoms with Gasteiger partial charge >= 0.3 is 0 Å². The average molecular weight is 168 g/mol. The number of carbonyl (C=O) groups is 1. The molecule has 0 atom stereocenters. The molecule has 0 amide bonds. The molecule has 12 heavy (non-hydrogen) atoms. The summed E-state index contributed by atoms with van der Waals surface area (Å²) in [6.07, 6.45) is 0.596. The third-order valence-electron chi connectivity index (χ3n) is 1.14. The molecular formula is C9H12O3. The standard InChI is InChI=1S/C7H6O3.C2H6/c8-4-5-1-2-6(9)7(10)3-5;1-2/h1-4,9-10H;1-2H3. The first-order chi connectivity index (χ1) is 5.74. The second-order valence-electron chi connectivity index (χ2n) is 1.87. The highest BCUT2D eigenvalue weighted by molar-refractivity contribution is 5.76. The number of hydrogen-bond donors (Lipinski definition) is 2. The predicted octanol–water partition coefficient (Wildman–Crippen LogP) is 1.94. The molecule has 3 nitrogen and oxygen atoms in total. The van der Waals surface area contributed by atoms with E-state index in [0.717, 1.165) is 0 Å². The zero-order valence-corrected chi connectivity index (χ0v) is 7.11. The summed E-state index contributed by atoms with van der Waals surface area (Å²) in [6, 6.07) is 3.88. The van der Waals surface area contributed by atoms with Crippen LogP contribution in [0.2, 0.25) is 0 Å². The van der Waals surface area contributed by atoms with Crippen molar-refractivity contribution in [3.05, 3.63) is 23.8 Å². The maximum atomic E-state index is 10.1. The second kappa shape index (κ2) is 5.18. The van der Waals surface area contributed by atoms with E-state index in [1.165, 1.54) is 18.2 Å². The molecular weight excluding hydrogens is 156 g/mol. The maximum absolute atomic E-state index is 10.1. The minimum atomic E-state index is -0.274. The fourth-order valence-electron chi connectivity index (χ4n) is 0.614. The number of phenols is 2. The number of hydrogen-bond acceptors (Lipinski definition) is 3. The summed E-state index contributed by atoms with van der Waals surface area (Å²) in [4.78, 5) is 10.1. The molecule has 3 heteroatoms. The van der Waals surface area contributed by atoms with E-state index in [4.69, 9.17) is 10.2 Å². The zero-order chi connectivity index (χ0) is 9.56. The van der Waals surface area contributed by atoms with E-state index in [1.807, 2.05) is 13.8 Å². The fourth-order valence-corrected chi connectivity index (χ4v) is 0.614. The molecule has 0 saturated carbocycles. The van der Waals surface area contributed by atoms with Crippen LogP contribution in [0.1, 0.15) is 24.2 Å². The summed E-state index contributed by atoms with van der Waals surface area (Å²) in [5, 5.41) is 17.6. The van der Waals surface area contributed by atoms with E-state index >= 15 is 0 Å². The molecule has 0 heterocycles. The Hall–Kier alpha value is -1.51. The molecule has 1 rings (SSSR count). The van der Waals surface area contributed by atoms with Crippen molar-refractivity contribution in [2.75, 3.05) is 0 Å². The van der Waals surface area contributed by atoms with Crippen molar-refractivity contribution in [2.45, 2.75) is 13.8 Å². The third kappa shape index (κ3) is 2.62. The number of carbonyl (C=O) groups excluding carboxylic acids is 1. The Kier molecular flexibility index (Phi) is 4.53. The predicted molar refractivity (Wildman–Crippen MR) is 46.5 cm³/mol. The minimum Gasteiger partial charge on any atom is -0.504 e. The molecule has 2 N–H and O–H groups in total. The van der Waals surface area contributed by atoms with E-state index < -0.39 is 0 Å². The highest BCUT2D eigenvalue weighted by Crippen LogP contribution is 2.23. The smallest absolute Gasteiger partial charge is 0.158 e. The monoisotopic (exact) mass is 168 g/mol. The summed E-state index contributed by atoms with van der Waals surface area (Å²) in [7, 11) is 0. The SMILES string of the molecule is CC.O=Cc1ccc(O)c(O)c1. The van der Waals surface area contributed by atoms with Gasteiger partial charge in [0.25, 0.3) is 0 Å². The Labute approximate surface area is 71.3 Å².